The minimum atomic E-state index is -0.918. The van der Waals surface area contributed by atoms with Crippen LogP contribution in [0.25, 0.3) is 0 Å². The van der Waals surface area contributed by atoms with E-state index in [9.17, 15) is 9.59 Å². The third-order valence-corrected chi connectivity index (χ3v) is 3.83. The molecule has 22 heavy (non-hydrogen) atoms. The van der Waals surface area contributed by atoms with Crippen LogP contribution in [0.1, 0.15) is 30.1 Å². The lowest BCUT2D eigenvalue weighted by atomic mass is 9.98. The summed E-state index contributed by atoms with van der Waals surface area (Å²) in [7, 11) is 0. The Bertz CT molecular complexity index is 652. The smallest absolute Gasteiger partial charge is 0.340 e. The number of nitrogens with zero attached hydrogens (tertiary/aromatic N) is 1. The Morgan fingerprint density at radius 3 is 2.82 bits per heavy atom. The lowest BCUT2D eigenvalue weighted by molar-refractivity contribution is -0.125. The molecule has 0 bridgehead atoms. The van der Waals surface area contributed by atoms with E-state index in [0.29, 0.717) is 5.02 Å². The number of halogens is 1. The molecule has 0 spiro atoms. The number of amides is 1. The van der Waals surface area contributed by atoms with Crippen molar-refractivity contribution in [2.45, 2.75) is 25.3 Å². The van der Waals surface area contributed by atoms with Crippen LogP contribution in [0.2, 0.25) is 5.02 Å². The van der Waals surface area contributed by atoms with E-state index in [1.165, 1.54) is 12.1 Å². The number of ether oxygens (including phenoxy) is 1. The molecule has 7 heteroatoms. The first-order valence-corrected chi connectivity index (χ1v) is 7.18. The van der Waals surface area contributed by atoms with Gasteiger partial charge in [-0.05, 0) is 43.9 Å². The van der Waals surface area contributed by atoms with Gasteiger partial charge in [-0.3, -0.25) is 4.79 Å². The number of rotatable bonds is 5. The van der Waals surface area contributed by atoms with E-state index in [1.807, 2.05) is 0 Å². The lowest BCUT2D eigenvalue weighted by Crippen LogP contribution is -2.48. The van der Waals surface area contributed by atoms with Crippen molar-refractivity contribution in [2.24, 2.45) is 5.92 Å². The van der Waals surface area contributed by atoms with Gasteiger partial charge in [0.25, 0.3) is 5.91 Å². The molecule has 1 aromatic rings. The normalized spacial score (nSPS) is 16.2. The molecular formula is C15H16ClN3O3. The zero-order chi connectivity index (χ0) is 16.3. The number of nitriles is 1. The van der Waals surface area contributed by atoms with Crippen molar-refractivity contribution in [3.63, 3.8) is 0 Å². The molecule has 1 saturated carbocycles. The Morgan fingerprint density at radius 2 is 2.23 bits per heavy atom. The highest BCUT2D eigenvalue weighted by Crippen LogP contribution is 2.39. The second-order valence-corrected chi connectivity index (χ2v) is 5.88. The van der Waals surface area contributed by atoms with Crippen LogP contribution in [0.15, 0.2) is 18.2 Å². The molecule has 0 unspecified atom stereocenters. The topological polar surface area (TPSA) is 105 Å². The van der Waals surface area contributed by atoms with Crippen LogP contribution in [-0.4, -0.2) is 24.0 Å². The van der Waals surface area contributed by atoms with Crippen molar-refractivity contribution in [1.29, 1.82) is 5.26 Å². The highest BCUT2D eigenvalue weighted by molar-refractivity contribution is 6.31. The summed E-state index contributed by atoms with van der Waals surface area (Å²) in [6.45, 7) is 1.19. The Labute approximate surface area is 133 Å². The van der Waals surface area contributed by atoms with Crippen molar-refractivity contribution >= 4 is 29.2 Å². The SMILES string of the molecule is C[C@@](C#N)(NC(=O)COC(=O)c1cc(Cl)ccc1N)C1CC1. The summed E-state index contributed by atoms with van der Waals surface area (Å²) in [5.74, 6) is -1.11. The summed E-state index contributed by atoms with van der Waals surface area (Å²) < 4.78 is 4.92. The Morgan fingerprint density at radius 1 is 1.55 bits per heavy atom. The second kappa shape index (κ2) is 6.24. The Balaban J connectivity index is 1.92. The number of esters is 1. The molecule has 116 valence electrons. The van der Waals surface area contributed by atoms with Gasteiger partial charge in [0.1, 0.15) is 5.54 Å². The number of nitrogens with one attached hydrogen (secondary N) is 1. The third-order valence-electron chi connectivity index (χ3n) is 3.59. The molecule has 0 aliphatic heterocycles. The van der Waals surface area contributed by atoms with Crippen LogP contribution in [-0.2, 0) is 9.53 Å². The molecule has 1 aromatic carbocycles. The summed E-state index contributed by atoms with van der Waals surface area (Å²) in [6.07, 6.45) is 1.81. The fraction of sp³-hybridized carbons (Fsp3) is 0.400. The molecule has 1 atom stereocenters. The molecule has 1 aliphatic carbocycles. The lowest BCUT2D eigenvalue weighted by Gasteiger charge is -2.22. The number of anilines is 1. The predicted octanol–water partition coefficient (Wildman–Crippen LogP) is 1.89. The van der Waals surface area contributed by atoms with Gasteiger partial charge >= 0.3 is 5.97 Å². The maximum atomic E-state index is 11.9. The monoisotopic (exact) mass is 321 g/mol. The van der Waals surface area contributed by atoms with Gasteiger partial charge in [0.15, 0.2) is 6.61 Å². The zero-order valence-electron chi connectivity index (χ0n) is 12.1. The Hall–Kier alpha value is -2.26. The number of nitrogen functional groups attached to an aromatic ring is 1. The quantitative estimate of drug-likeness (QED) is 0.636. The molecule has 3 N–H and O–H groups in total. The van der Waals surface area contributed by atoms with Crippen molar-refractivity contribution in [2.75, 3.05) is 12.3 Å². The van der Waals surface area contributed by atoms with Gasteiger partial charge in [0.2, 0.25) is 0 Å². The number of hydrogen-bond donors (Lipinski definition) is 2. The molecule has 2 rings (SSSR count). The van der Waals surface area contributed by atoms with Gasteiger partial charge in [-0.1, -0.05) is 11.6 Å². The first-order chi connectivity index (χ1) is 10.4. The van der Waals surface area contributed by atoms with E-state index in [2.05, 4.69) is 11.4 Å². The molecular weight excluding hydrogens is 306 g/mol. The molecule has 0 radical (unpaired) electrons. The maximum Gasteiger partial charge on any atom is 0.340 e. The minimum Gasteiger partial charge on any atom is -0.452 e. The van der Waals surface area contributed by atoms with E-state index < -0.39 is 24.0 Å². The fourth-order valence-electron chi connectivity index (χ4n) is 2.12. The van der Waals surface area contributed by atoms with E-state index in [4.69, 9.17) is 27.3 Å². The van der Waals surface area contributed by atoms with Crippen LogP contribution < -0.4 is 11.1 Å². The van der Waals surface area contributed by atoms with Crippen molar-refractivity contribution in [3.8, 4) is 6.07 Å². The standard InChI is InChI=1S/C15H16ClN3O3/c1-15(8-17,9-2-3-9)19-13(20)7-22-14(21)11-6-10(16)4-5-12(11)18/h4-6,9H,2-3,7,18H2,1H3,(H,19,20)/t15-/m0/s1. The number of carbonyl (C=O) groups excluding carboxylic acids is 2. The summed E-state index contributed by atoms with van der Waals surface area (Å²) in [4.78, 5) is 23.7. The van der Waals surface area contributed by atoms with Crippen LogP contribution in [0, 0.1) is 17.2 Å². The van der Waals surface area contributed by atoms with E-state index in [0.717, 1.165) is 12.8 Å². The molecule has 1 amide bonds. The third kappa shape index (κ3) is 3.68. The molecule has 0 heterocycles. The summed E-state index contributed by atoms with van der Waals surface area (Å²) >= 11 is 5.79. The molecule has 1 aliphatic rings. The number of carbonyl (C=O) groups is 2. The fourth-order valence-corrected chi connectivity index (χ4v) is 2.29. The first-order valence-electron chi connectivity index (χ1n) is 6.80. The molecule has 1 fully saturated rings. The summed E-state index contributed by atoms with van der Waals surface area (Å²) in [5.41, 5.74) is 5.07. The van der Waals surface area contributed by atoms with Crippen LogP contribution in [0.3, 0.4) is 0 Å². The van der Waals surface area contributed by atoms with Crippen LogP contribution in [0.5, 0.6) is 0 Å². The van der Waals surface area contributed by atoms with Gasteiger partial charge < -0.3 is 15.8 Å². The minimum absolute atomic E-state index is 0.102. The molecule has 0 aromatic heterocycles. The number of benzene rings is 1. The second-order valence-electron chi connectivity index (χ2n) is 5.44. The van der Waals surface area contributed by atoms with Crippen molar-refractivity contribution in [1.82, 2.24) is 5.32 Å². The van der Waals surface area contributed by atoms with Crippen LogP contribution >= 0.6 is 11.6 Å². The van der Waals surface area contributed by atoms with E-state index >= 15 is 0 Å². The summed E-state index contributed by atoms with van der Waals surface area (Å²) in [6, 6.07) is 6.51. The van der Waals surface area contributed by atoms with Gasteiger partial charge in [-0.25, -0.2) is 4.79 Å². The van der Waals surface area contributed by atoms with Crippen molar-refractivity contribution < 1.29 is 14.3 Å². The highest BCUT2D eigenvalue weighted by Gasteiger charge is 2.43. The largest absolute Gasteiger partial charge is 0.452 e. The van der Waals surface area contributed by atoms with Gasteiger partial charge in [-0.2, -0.15) is 5.26 Å². The average molecular weight is 322 g/mol. The average Bonchev–Trinajstić information content (AvgIpc) is 3.32. The number of nitrogens with two attached hydrogens (primary N) is 1. The van der Waals surface area contributed by atoms with Gasteiger partial charge in [0.05, 0.1) is 11.6 Å². The zero-order valence-corrected chi connectivity index (χ0v) is 12.8. The first kappa shape index (κ1) is 16.1. The maximum absolute atomic E-state index is 11.9. The van der Waals surface area contributed by atoms with Crippen LogP contribution in [0.4, 0.5) is 5.69 Å². The van der Waals surface area contributed by atoms with Gasteiger partial charge in [0, 0.05) is 10.7 Å². The molecule has 0 saturated heterocycles. The van der Waals surface area contributed by atoms with E-state index in [-0.39, 0.29) is 17.2 Å². The van der Waals surface area contributed by atoms with Crippen molar-refractivity contribution in [3.05, 3.63) is 28.8 Å². The van der Waals surface area contributed by atoms with E-state index in [1.54, 1.807) is 13.0 Å². The number of hydrogen-bond acceptors (Lipinski definition) is 5. The molecule has 6 nitrogen and oxygen atoms in total. The Kier molecular flexibility index (Phi) is 4.57. The highest BCUT2D eigenvalue weighted by atomic mass is 35.5. The summed E-state index contributed by atoms with van der Waals surface area (Å²) in [5, 5.41) is 12.1. The van der Waals surface area contributed by atoms with Gasteiger partial charge in [-0.15, -0.1) is 0 Å². The predicted molar refractivity (Wildman–Crippen MR) is 81.0 cm³/mol.